The molecule has 4 atom stereocenters. The summed E-state index contributed by atoms with van der Waals surface area (Å²) in [6, 6.07) is -3.82. The van der Waals surface area contributed by atoms with Crippen LogP contribution in [0.3, 0.4) is 0 Å². The van der Waals surface area contributed by atoms with E-state index in [2.05, 4.69) is 28.6 Å². The third-order valence-corrected chi connectivity index (χ3v) is 4.98. The molecule has 0 saturated heterocycles. The van der Waals surface area contributed by atoms with E-state index in [4.69, 9.17) is 11.5 Å². The van der Waals surface area contributed by atoms with Gasteiger partial charge < -0.3 is 32.5 Å². The number of unbranched alkanes of at least 4 members (excludes halogenated alkanes) is 1. The summed E-state index contributed by atoms with van der Waals surface area (Å²) >= 11 is 3.98. The molecule has 0 rings (SSSR count). The highest BCUT2D eigenvalue weighted by molar-refractivity contribution is 7.80. The second-order valence-electron chi connectivity index (χ2n) is 7.93. The molecule has 0 aliphatic carbocycles. The third-order valence-electron chi connectivity index (χ3n) is 4.59. The Balaban J connectivity index is 5.35. The van der Waals surface area contributed by atoms with Gasteiger partial charge in [0.25, 0.3) is 0 Å². The summed E-state index contributed by atoms with van der Waals surface area (Å²) < 4.78 is 0. The largest absolute Gasteiger partial charge is 0.480 e. The smallest absolute Gasteiger partial charge is 0.326 e. The maximum absolute atomic E-state index is 12.8. The predicted molar refractivity (Wildman–Crippen MR) is 118 cm³/mol. The van der Waals surface area contributed by atoms with Crippen molar-refractivity contribution < 1.29 is 24.3 Å². The van der Waals surface area contributed by atoms with Crippen molar-refractivity contribution in [1.82, 2.24) is 16.0 Å². The first-order valence-corrected chi connectivity index (χ1v) is 10.8. The zero-order chi connectivity index (χ0) is 23.4. The molecular weight excluding hydrogens is 410 g/mol. The number of nitrogens with two attached hydrogens (primary N) is 2. The van der Waals surface area contributed by atoms with Gasteiger partial charge in [0.15, 0.2) is 0 Å². The predicted octanol–water partition coefficient (Wildman–Crippen LogP) is -0.776. The average Bonchev–Trinajstić information content (AvgIpc) is 2.67. The van der Waals surface area contributed by atoms with Gasteiger partial charge in [0.2, 0.25) is 17.7 Å². The van der Waals surface area contributed by atoms with Crippen LogP contribution in [0.1, 0.15) is 47.0 Å². The molecule has 0 bridgehead atoms. The van der Waals surface area contributed by atoms with Gasteiger partial charge in [-0.05, 0) is 37.6 Å². The van der Waals surface area contributed by atoms with Crippen molar-refractivity contribution in [2.45, 2.75) is 71.1 Å². The van der Waals surface area contributed by atoms with Crippen molar-refractivity contribution in [2.75, 3.05) is 12.3 Å². The fraction of sp³-hybridized carbons (Fsp3) is 0.789. The van der Waals surface area contributed by atoms with Crippen LogP contribution >= 0.6 is 12.6 Å². The Morgan fingerprint density at radius 3 is 1.83 bits per heavy atom. The van der Waals surface area contributed by atoms with Gasteiger partial charge in [-0.15, -0.1) is 0 Å². The number of carbonyl (C=O) groups excluding carboxylic acids is 3. The number of carbonyl (C=O) groups is 4. The lowest BCUT2D eigenvalue weighted by Gasteiger charge is -2.27. The van der Waals surface area contributed by atoms with E-state index in [0.717, 1.165) is 0 Å². The highest BCUT2D eigenvalue weighted by Gasteiger charge is 2.32. The molecule has 4 unspecified atom stereocenters. The SMILES string of the molecule is CC(C)C(NC(=O)C(NC(=O)C(CCCCN)NC(=O)C(N)CS)C(C)C)C(=O)O. The molecule has 0 heterocycles. The molecule has 0 spiro atoms. The summed E-state index contributed by atoms with van der Waals surface area (Å²) in [5.74, 6) is -3.34. The van der Waals surface area contributed by atoms with E-state index >= 15 is 0 Å². The Bertz CT molecular complexity index is 588. The Labute approximate surface area is 183 Å². The minimum Gasteiger partial charge on any atom is -0.480 e. The summed E-state index contributed by atoms with van der Waals surface area (Å²) in [5, 5.41) is 17.0. The quantitative estimate of drug-likeness (QED) is 0.135. The minimum atomic E-state index is -1.15. The van der Waals surface area contributed by atoms with Crippen LogP contribution in [0.4, 0.5) is 0 Å². The van der Waals surface area contributed by atoms with Crippen LogP contribution in [-0.2, 0) is 19.2 Å². The Hall–Kier alpha value is -1.85. The molecule has 30 heavy (non-hydrogen) atoms. The van der Waals surface area contributed by atoms with E-state index in [1.165, 1.54) is 0 Å². The van der Waals surface area contributed by atoms with Gasteiger partial charge in [-0.2, -0.15) is 12.6 Å². The topological polar surface area (TPSA) is 177 Å². The third kappa shape index (κ3) is 9.77. The number of carboxylic acids is 1. The summed E-state index contributed by atoms with van der Waals surface area (Å²) in [5.41, 5.74) is 11.2. The summed E-state index contributed by atoms with van der Waals surface area (Å²) in [4.78, 5) is 49.0. The maximum atomic E-state index is 12.8. The number of hydrogen-bond acceptors (Lipinski definition) is 7. The van der Waals surface area contributed by atoms with Gasteiger partial charge in [0.05, 0.1) is 6.04 Å². The number of thiol groups is 1. The van der Waals surface area contributed by atoms with Gasteiger partial charge >= 0.3 is 5.97 Å². The fourth-order valence-electron chi connectivity index (χ4n) is 2.67. The van der Waals surface area contributed by atoms with E-state index < -0.39 is 47.9 Å². The van der Waals surface area contributed by atoms with E-state index in [1.807, 2.05) is 0 Å². The highest BCUT2D eigenvalue weighted by Crippen LogP contribution is 2.08. The molecule has 0 aromatic carbocycles. The Morgan fingerprint density at radius 2 is 1.40 bits per heavy atom. The lowest BCUT2D eigenvalue weighted by molar-refractivity contribution is -0.143. The molecule has 0 aliphatic rings. The lowest BCUT2D eigenvalue weighted by atomic mass is 9.99. The van der Waals surface area contributed by atoms with Gasteiger partial charge in [0.1, 0.15) is 18.1 Å². The average molecular weight is 448 g/mol. The van der Waals surface area contributed by atoms with Gasteiger partial charge in [0, 0.05) is 5.75 Å². The molecule has 0 aromatic rings. The van der Waals surface area contributed by atoms with Gasteiger partial charge in [-0.1, -0.05) is 27.7 Å². The van der Waals surface area contributed by atoms with Crippen LogP contribution in [0.25, 0.3) is 0 Å². The molecule has 0 radical (unpaired) electrons. The van der Waals surface area contributed by atoms with Gasteiger partial charge in [-0.3, -0.25) is 14.4 Å². The van der Waals surface area contributed by atoms with Crippen LogP contribution in [0, 0.1) is 11.8 Å². The van der Waals surface area contributed by atoms with Crippen LogP contribution in [0.2, 0.25) is 0 Å². The number of aliphatic carboxylic acids is 1. The molecule has 174 valence electrons. The van der Waals surface area contributed by atoms with Crippen LogP contribution < -0.4 is 27.4 Å². The molecule has 8 N–H and O–H groups in total. The van der Waals surface area contributed by atoms with Gasteiger partial charge in [-0.25, -0.2) is 4.79 Å². The normalized spacial score (nSPS) is 15.2. The molecule has 11 heteroatoms. The summed E-state index contributed by atoms with van der Waals surface area (Å²) in [7, 11) is 0. The summed E-state index contributed by atoms with van der Waals surface area (Å²) in [6.07, 6.45) is 1.59. The molecule has 10 nitrogen and oxygen atoms in total. The monoisotopic (exact) mass is 447 g/mol. The molecule has 0 aromatic heterocycles. The van der Waals surface area contributed by atoms with Crippen LogP contribution in [0.15, 0.2) is 0 Å². The van der Waals surface area contributed by atoms with E-state index in [0.29, 0.717) is 25.8 Å². The molecule has 3 amide bonds. The zero-order valence-corrected chi connectivity index (χ0v) is 19.1. The van der Waals surface area contributed by atoms with Crippen molar-refractivity contribution in [3.63, 3.8) is 0 Å². The molecule has 0 fully saturated rings. The number of hydrogen-bond donors (Lipinski definition) is 7. The van der Waals surface area contributed by atoms with E-state index in [-0.39, 0.29) is 17.6 Å². The first kappa shape index (κ1) is 28.1. The molecule has 0 aliphatic heterocycles. The highest BCUT2D eigenvalue weighted by atomic mass is 32.1. The second-order valence-corrected chi connectivity index (χ2v) is 8.30. The number of amides is 3. The summed E-state index contributed by atoms with van der Waals surface area (Å²) in [6.45, 7) is 7.26. The minimum absolute atomic E-state index is 0.117. The zero-order valence-electron chi connectivity index (χ0n) is 18.2. The first-order chi connectivity index (χ1) is 14.0. The van der Waals surface area contributed by atoms with Crippen LogP contribution in [0.5, 0.6) is 0 Å². The number of nitrogens with one attached hydrogen (secondary N) is 3. The number of carboxylic acid groups (broad SMARTS) is 1. The Kier molecular flexibility index (Phi) is 13.3. The second kappa shape index (κ2) is 14.2. The maximum Gasteiger partial charge on any atom is 0.326 e. The van der Waals surface area contributed by atoms with Crippen molar-refractivity contribution in [3.05, 3.63) is 0 Å². The molecular formula is C19H37N5O5S. The molecule has 0 saturated carbocycles. The lowest BCUT2D eigenvalue weighted by Crippen LogP contribution is -2.59. The first-order valence-electron chi connectivity index (χ1n) is 10.2. The Morgan fingerprint density at radius 1 is 0.867 bits per heavy atom. The van der Waals surface area contributed by atoms with Crippen molar-refractivity contribution in [2.24, 2.45) is 23.3 Å². The van der Waals surface area contributed by atoms with E-state index in [9.17, 15) is 24.3 Å². The fourth-order valence-corrected chi connectivity index (χ4v) is 2.83. The van der Waals surface area contributed by atoms with E-state index in [1.54, 1.807) is 27.7 Å². The van der Waals surface area contributed by atoms with Crippen molar-refractivity contribution in [1.29, 1.82) is 0 Å². The standard InChI is InChI=1S/C19H37N5O5S/c1-10(2)14(18(27)24-15(11(3)4)19(28)29)23-17(26)13(7-5-6-8-20)22-16(25)12(21)9-30/h10-15,30H,5-9,20-21H2,1-4H3,(H,22,25)(H,23,26)(H,24,27)(H,28,29). The van der Waals surface area contributed by atoms with Crippen molar-refractivity contribution >= 4 is 36.3 Å². The van der Waals surface area contributed by atoms with Crippen molar-refractivity contribution in [3.8, 4) is 0 Å². The number of rotatable bonds is 14. The van der Waals surface area contributed by atoms with Crippen LogP contribution in [-0.4, -0.2) is 65.3 Å².